The summed E-state index contributed by atoms with van der Waals surface area (Å²) in [5.41, 5.74) is 1.86. The number of benzene rings is 4. The molecule has 11 heteroatoms. The van der Waals surface area contributed by atoms with Gasteiger partial charge < -0.3 is 10.2 Å². The number of nitrogens with one attached hydrogen (secondary N) is 1. The van der Waals surface area contributed by atoms with Crippen LogP contribution >= 0.6 is 23.2 Å². The average Bonchev–Trinajstić information content (AvgIpc) is 3.07. The Balaban J connectivity index is 1.59. The Kier molecular flexibility index (Phi) is 11.8. The summed E-state index contributed by atoms with van der Waals surface area (Å²) in [4.78, 5) is 30.1. The first-order chi connectivity index (χ1) is 23.0. The molecule has 0 spiro atoms. The van der Waals surface area contributed by atoms with E-state index in [2.05, 4.69) is 5.32 Å². The fourth-order valence-electron chi connectivity index (χ4n) is 5.94. The first kappa shape index (κ1) is 35.4. The van der Waals surface area contributed by atoms with Crippen LogP contribution in [0.5, 0.6) is 0 Å². The summed E-state index contributed by atoms with van der Waals surface area (Å²) < 4.78 is 44.4. The quantitative estimate of drug-likeness (QED) is 0.163. The summed E-state index contributed by atoms with van der Waals surface area (Å²) in [5.74, 6) is -1.88. The van der Waals surface area contributed by atoms with Gasteiger partial charge >= 0.3 is 0 Å². The molecule has 5 rings (SSSR count). The maximum absolute atomic E-state index is 15.3. The smallest absolute Gasteiger partial charge is 0.264 e. The fraction of sp³-hybridized carbons (Fsp3) is 0.297. The Bertz CT molecular complexity index is 1840. The molecule has 0 aliphatic heterocycles. The highest BCUT2D eigenvalue weighted by atomic mass is 35.5. The van der Waals surface area contributed by atoms with Crippen molar-refractivity contribution in [1.82, 2.24) is 10.2 Å². The number of halogens is 3. The van der Waals surface area contributed by atoms with Gasteiger partial charge in [0.15, 0.2) is 0 Å². The van der Waals surface area contributed by atoms with Crippen molar-refractivity contribution in [2.24, 2.45) is 0 Å². The van der Waals surface area contributed by atoms with Crippen LogP contribution in [0.25, 0.3) is 0 Å². The van der Waals surface area contributed by atoms with Crippen LogP contribution in [0.3, 0.4) is 0 Å². The fourth-order valence-corrected chi connectivity index (χ4v) is 7.83. The normalized spacial score (nSPS) is 14.2. The van der Waals surface area contributed by atoms with E-state index in [4.69, 9.17) is 23.2 Å². The third-order valence-corrected chi connectivity index (χ3v) is 10.9. The third kappa shape index (κ3) is 8.75. The molecule has 1 unspecified atom stereocenters. The van der Waals surface area contributed by atoms with Crippen molar-refractivity contribution in [3.63, 3.8) is 0 Å². The largest absolute Gasteiger partial charge is 0.352 e. The highest BCUT2D eigenvalue weighted by Gasteiger charge is 2.36. The minimum Gasteiger partial charge on any atom is -0.352 e. The summed E-state index contributed by atoms with van der Waals surface area (Å²) in [6, 6.07) is 24.6. The monoisotopic (exact) mass is 709 g/mol. The number of anilines is 1. The Morgan fingerprint density at radius 1 is 0.896 bits per heavy atom. The molecule has 0 radical (unpaired) electrons. The highest BCUT2D eigenvalue weighted by molar-refractivity contribution is 7.92. The maximum Gasteiger partial charge on any atom is 0.264 e. The average molecular weight is 711 g/mol. The Hall–Kier alpha value is -3.92. The van der Waals surface area contributed by atoms with Gasteiger partial charge in [-0.2, -0.15) is 0 Å². The molecule has 2 amide bonds. The molecule has 1 aliphatic carbocycles. The molecule has 48 heavy (non-hydrogen) atoms. The topological polar surface area (TPSA) is 86.8 Å². The summed E-state index contributed by atoms with van der Waals surface area (Å²) >= 11 is 12.8. The van der Waals surface area contributed by atoms with E-state index >= 15 is 4.39 Å². The van der Waals surface area contributed by atoms with Crippen molar-refractivity contribution in [1.29, 1.82) is 0 Å². The van der Waals surface area contributed by atoms with Gasteiger partial charge in [-0.3, -0.25) is 13.9 Å². The molecule has 1 saturated carbocycles. The molecular formula is C37H38Cl2FN3O4S. The van der Waals surface area contributed by atoms with Crippen LogP contribution in [0.2, 0.25) is 10.0 Å². The van der Waals surface area contributed by atoms with Crippen molar-refractivity contribution < 1.29 is 22.4 Å². The summed E-state index contributed by atoms with van der Waals surface area (Å²) in [7, 11) is -4.43. The van der Waals surface area contributed by atoms with Crippen LogP contribution in [0.1, 0.15) is 48.8 Å². The van der Waals surface area contributed by atoms with Crippen LogP contribution in [0.15, 0.2) is 102 Å². The molecular weight excluding hydrogens is 672 g/mol. The zero-order chi connectivity index (χ0) is 34.3. The Morgan fingerprint density at radius 3 is 2.23 bits per heavy atom. The SMILES string of the molecule is Cc1ccc(S(=O)(=O)N(CC(=O)N(Cc2ccc(Cl)cc2Cl)C(Cc2ccccc2)C(=O)NC2CCCCC2)c2ccccc2F)cc1. The highest BCUT2D eigenvalue weighted by Crippen LogP contribution is 2.29. The van der Waals surface area contributed by atoms with Gasteiger partial charge in [0.25, 0.3) is 10.0 Å². The number of nitrogens with zero attached hydrogens (tertiary/aromatic N) is 2. The number of amides is 2. The van der Waals surface area contributed by atoms with E-state index in [-0.39, 0.29) is 40.5 Å². The van der Waals surface area contributed by atoms with Crippen LogP contribution in [-0.4, -0.2) is 43.8 Å². The molecule has 0 aromatic heterocycles. The minimum atomic E-state index is -4.43. The Labute approximate surface area is 291 Å². The van der Waals surface area contributed by atoms with Gasteiger partial charge in [-0.15, -0.1) is 0 Å². The molecule has 1 atom stereocenters. The first-order valence-corrected chi connectivity index (χ1v) is 18.1. The van der Waals surface area contributed by atoms with E-state index in [1.807, 2.05) is 37.3 Å². The van der Waals surface area contributed by atoms with E-state index < -0.39 is 34.3 Å². The van der Waals surface area contributed by atoms with Gasteiger partial charge in [-0.25, -0.2) is 12.8 Å². The Morgan fingerprint density at radius 2 is 1.56 bits per heavy atom. The number of para-hydroxylation sites is 1. The standard InChI is InChI=1S/C37H38Cl2FN3O4S/c1-26-16-20-31(21-17-26)48(46,47)43(34-15-9-8-14-33(34)40)25-36(44)42(24-28-18-19-29(38)23-32(28)39)35(22-27-10-4-2-5-11-27)37(45)41-30-12-6-3-7-13-30/h2,4-5,8-11,14-21,23,30,35H,3,6-7,12-13,22,24-25H2,1H3,(H,41,45). The lowest BCUT2D eigenvalue weighted by atomic mass is 9.94. The molecule has 1 aliphatic rings. The third-order valence-electron chi connectivity index (χ3n) is 8.59. The summed E-state index contributed by atoms with van der Waals surface area (Å²) in [6.07, 6.45) is 4.90. The predicted octanol–water partition coefficient (Wildman–Crippen LogP) is 7.73. The first-order valence-electron chi connectivity index (χ1n) is 15.9. The lowest BCUT2D eigenvalue weighted by Crippen LogP contribution is -2.55. The maximum atomic E-state index is 15.3. The van der Waals surface area contributed by atoms with Crippen molar-refractivity contribution >= 4 is 50.7 Å². The zero-order valence-electron chi connectivity index (χ0n) is 26.6. The minimum absolute atomic E-state index is 0.0441. The van der Waals surface area contributed by atoms with Crippen molar-refractivity contribution in [2.45, 2.75) is 69.0 Å². The van der Waals surface area contributed by atoms with Crippen LogP contribution in [0, 0.1) is 12.7 Å². The molecule has 252 valence electrons. The number of hydrogen-bond donors (Lipinski definition) is 1. The van der Waals surface area contributed by atoms with Crippen LogP contribution < -0.4 is 9.62 Å². The van der Waals surface area contributed by atoms with Gasteiger partial charge in [-0.05, 0) is 67.3 Å². The number of carbonyl (C=O) groups is 2. The van der Waals surface area contributed by atoms with E-state index in [0.717, 1.165) is 53.6 Å². The second-order valence-electron chi connectivity index (χ2n) is 12.1. The predicted molar refractivity (Wildman–Crippen MR) is 188 cm³/mol. The van der Waals surface area contributed by atoms with Gasteiger partial charge in [-0.1, -0.05) is 109 Å². The lowest BCUT2D eigenvalue weighted by molar-refractivity contribution is -0.140. The van der Waals surface area contributed by atoms with Crippen molar-refractivity contribution in [3.8, 4) is 0 Å². The van der Waals surface area contributed by atoms with Gasteiger partial charge in [0, 0.05) is 29.1 Å². The summed E-state index contributed by atoms with van der Waals surface area (Å²) in [5, 5.41) is 3.84. The van der Waals surface area contributed by atoms with Gasteiger partial charge in [0.2, 0.25) is 11.8 Å². The second kappa shape index (κ2) is 16.0. The lowest BCUT2D eigenvalue weighted by Gasteiger charge is -2.35. The van der Waals surface area contributed by atoms with Crippen molar-refractivity contribution in [3.05, 3.63) is 130 Å². The number of hydrogen-bond acceptors (Lipinski definition) is 4. The molecule has 1 fully saturated rings. The van der Waals surface area contributed by atoms with Gasteiger partial charge in [0.05, 0.1) is 10.6 Å². The molecule has 0 heterocycles. The van der Waals surface area contributed by atoms with Crippen molar-refractivity contribution in [2.75, 3.05) is 10.8 Å². The molecule has 1 N–H and O–H groups in total. The number of carbonyl (C=O) groups excluding carboxylic acids is 2. The number of aryl methyl sites for hydroxylation is 1. The number of sulfonamides is 1. The van der Waals surface area contributed by atoms with E-state index in [0.29, 0.717) is 10.6 Å². The van der Waals surface area contributed by atoms with Gasteiger partial charge in [0.1, 0.15) is 18.4 Å². The zero-order valence-corrected chi connectivity index (χ0v) is 28.9. The van der Waals surface area contributed by atoms with E-state index in [9.17, 15) is 18.0 Å². The molecule has 7 nitrogen and oxygen atoms in total. The van der Waals surface area contributed by atoms with Crippen LogP contribution in [0.4, 0.5) is 10.1 Å². The van der Waals surface area contributed by atoms with E-state index in [1.165, 1.54) is 35.2 Å². The summed E-state index contributed by atoms with van der Waals surface area (Å²) in [6.45, 7) is 0.921. The molecule has 4 aromatic rings. The number of rotatable bonds is 12. The molecule has 0 bridgehead atoms. The molecule has 4 aromatic carbocycles. The van der Waals surface area contributed by atoms with E-state index in [1.54, 1.807) is 30.3 Å². The second-order valence-corrected chi connectivity index (χ2v) is 14.8. The molecule has 0 saturated heterocycles. The van der Waals surface area contributed by atoms with Crippen LogP contribution in [-0.2, 0) is 32.6 Å².